The molecule has 1 unspecified atom stereocenters. The summed E-state index contributed by atoms with van der Waals surface area (Å²) in [6, 6.07) is 7.80. The maximum atomic E-state index is 5.72. The fraction of sp³-hybridized carbons (Fsp3) is 0. The Labute approximate surface area is 72.6 Å². The second-order valence-electron chi connectivity index (χ2n) is 1.59. The van der Waals surface area contributed by atoms with E-state index in [1.807, 2.05) is 24.3 Å². The summed E-state index contributed by atoms with van der Waals surface area (Å²) >= 11 is 5.72. The molecule has 1 atom stereocenters. The lowest BCUT2D eigenvalue weighted by molar-refractivity contribution is -0.00000139. The van der Waals surface area contributed by atoms with Gasteiger partial charge in [-0.1, -0.05) is 23.7 Å². The SMILES string of the molecule is [Br-].[PH3+]c1ccccc1Cl. The Morgan fingerprint density at radius 1 is 1.22 bits per heavy atom. The van der Waals surface area contributed by atoms with E-state index in [2.05, 4.69) is 0 Å². The molecule has 9 heavy (non-hydrogen) atoms. The molecule has 0 aliphatic heterocycles. The molecule has 0 radical (unpaired) electrons. The molecule has 0 N–H and O–H groups in total. The highest BCUT2D eigenvalue weighted by Crippen LogP contribution is 2.05. The van der Waals surface area contributed by atoms with Gasteiger partial charge in [0.05, 0.1) is 5.02 Å². The molecule has 50 valence electrons. The van der Waals surface area contributed by atoms with Crippen molar-refractivity contribution in [2.45, 2.75) is 0 Å². The number of hydrogen-bond acceptors (Lipinski definition) is 0. The molecule has 0 aliphatic carbocycles. The smallest absolute Gasteiger partial charge is 0.105 e. The lowest BCUT2D eigenvalue weighted by atomic mass is 10.4. The Morgan fingerprint density at radius 3 is 2.11 bits per heavy atom. The molecule has 1 aromatic rings. The zero-order valence-electron chi connectivity index (χ0n) is 4.77. The van der Waals surface area contributed by atoms with E-state index in [0.29, 0.717) is 0 Å². The molecule has 3 heteroatoms. The van der Waals surface area contributed by atoms with Crippen LogP contribution in [0.25, 0.3) is 0 Å². The van der Waals surface area contributed by atoms with Crippen molar-refractivity contribution < 1.29 is 17.0 Å². The van der Waals surface area contributed by atoms with Crippen molar-refractivity contribution in [1.29, 1.82) is 0 Å². The van der Waals surface area contributed by atoms with Crippen LogP contribution in [0.1, 0.15) is 0 Å². The van der Waals surface area contributed by atoms with Crippen molar-refractivity contribution in [2.24, 2.45) is 0 Å². The topological polar surface area (TPSA) is 0 Å². The highest BCUT2D eigenvalue weighted by Gasteiger charge is 1.92. The highest BCUT2D eigenvalue weighted by atomic mass is 79.9. The number of hydrogen-bond donors (Lipinski definition) is 0. The van der Waals surface area contributed by atoms with Crippen LogP contribution in [0, 0.1) is 0 Å². The highest BCUT2D eigenvalue weighted by molar-refractivity contribution is 7.28. The normalized spacial score (nSPS) is 8.56. The molecule has 0 saturated heterocycles. The van der Waals surface area contributed by atoms with E-state index in [1.54, 1.807) is 9.24 Å². The van der Waals surface area contributed by atoms with E-state index in [0.717, 1.165) is 10.3 Å². The lowest BCUT2D eigenvalue weighted by Gasteiger charge is -1.85. The van der Waals surface area contributed by atoms with Gasteiger partial charge in [-0.2, -0.15) is 0 Å². The van der Waals surface area contributed by atoms with Crippen LogP contribution in [-0.4, -0.2) is 0 Å². The maximum absolute atomic E-state index is 5.72. The van der Waals surface area contributed by atoms with E-state index in [4.69, 9.17) is 11.6 Å². The molecule has 0 amide bonds. The average Bonchev–Trinajstić information content (AvgIpc) is 1.77. The largest absolute Gasteiger partial charge is 1.00 e. The van der Waals surface area contributed by atoms with Gasteiger partial charge in [-0.15, -0.1) is 0 Å². The average molecular weight is 225 g/mol. The summed E-state index contributed by atoms with van der Waals surface area (Å²) in [6.45, 7) is 0. The molecule has 0 heterocycles. The zero-order chi connectivity index (χ0) is 5.98. The second kappa shape index (κ2) is 4.27. The molecule has 1 aromatic carbocycles. The summed E-state index contributed by atoms with van der Waals surface area (Å²) in [4.78, 5) is 0. The fourth-order valence-electron chi connectivity index (χ4n) is 0.498. The molecule has 0 nitrogen and oxygen atoms in total. The molecule has 0 saturated carbocycles. The number of benzene rings is 1. The maximum Gasteiger partial charge on any atom is 0.105 e. The minimum Gasteiger partial charge on any atom is -1.00 e. The van der Waals surface area contributed by atoms with Crippen LogP contribution in [0.3, 0.4) is 0 Å². The van der Waals surface area contributed by atoms with Gasteiger partial charge in [-0.25, -0.2) is 0 Å². The van der Waals surface area contributed by atoms with E-state index in [-0.39, 0.29) is 17.0 Å². The van der Waals surface area contributed by atoms with Gasteiger partial charge in [0.1, 0.15) is 5.30 Å². The van der Waals surface area contributed by atoms with Gasteiger partial charge in [-0.3, -0.25) is 0 Å². The predicted octanol–water partition coefficient (Wildman–Crippen LogP) is -1.42. The first kappa shape index (κ1) is 9.42. The first-order chi connectivity index (χ1) is 3.80. The molecule has 0 aromatic heterocycles. The van der Waals surface area contributed by atoms with Crippen molar-refractivity contribution in [2.75, 3.05) is 0 Å². The third-order valence-electron chi connectivity index (χ3n) is 0.958. The van der Waals surface area contributed by atoms with Gasteiger partial charge >= 0.3 is 0 Å². The Morgan fingerprint density at radius 2 is 1.78 bits per heavy atom. The molecular weight excluding hydrogens is 218 g/mol. The number of rotatable bonds is 0. The monoisotopic (exact) mass is 224 g/mol. The van der Waals surface area contributed by atoms with Gasteiger partial charge in [0.15, 0.2) is 0 Å². The van der Waals surface area contributed by atoms with Gasteiger partial charge in [0, 0.05) is 9.24 Å². The summed E-state index contributed by atoms with van der Waals surface area (Å²) < 4.78 is 0. The Bertz CT molecular complexity index is 169. The van der Waals surface area contributed by atoms with Crippen LogP contribution >= 0.6 is 20.8 Å². The Kier molecular flexibility index (Phi) is 4.47. The van der Waals surface area contributed by atoms with Crippen LogP contribution in [-0.2, 0) is 0 Å². The van der Waals surface area contributed by atoms with Crippen molar-refractivity contribution in [3.05, 3.63) is 29.3 Å². The van der Waals surface area contributed by atoms with E-state index >= 15 is 0 Å². The van der Waals surface area contributed by atoms with Crippen LogP contribution in [0.5, 0.6) is 0 Å². The molecular formula is C6H7BrClP. The molecule has 1 rings (SSSR count). The summed E-state index contributed by atoms with van der Waals surface area (Å²) in [6.07, 6.45) is 0. The second-order valence-corrected chi connectivity index (χ2v) is 2.76. The summed E-state index contributed by atoms with van der Waals surface area (Å²) in [5, 5.41) is 2.01. The van der Waals surface area contributed by atoms with Crippen LogP contribution in [0.15, 0.2) is 24.3 Å². The lowest BCUT2D eigenvalue weighted by Crippen LogP contribution is -3.00. The van der Waals surface area contributed by atoms with E-state index < -0.39 is 0 Å². The van der Waals surface area contributed by atoms with E-state index in [9.17, 15) is 0 Å². The quantitative estimate of drug-likeness (QED) is 0.475. The van der Waals surface area contributed by atoms with Gasteiger partial charge in [0.25, 0.3) is 0 Å². The third kappa shape index (κ3) is 2.66. The van der Waals surface area contributed by atoms with Crippen molar-refractivity contribution >= 4 is 26.1 Å². The summed E-state index contributed by atoms with van der Waals surface area (Å²) in [7, 11) is 1.80. The predicted molar refractivity (Wildman–Crippen MR) is 42.2 cm³/mol. The first-order valence-corrected chi connectivity index (χ1v) is 3.45. The van der Waals surface area contributed by atoms with Crippen molar-refractivity contribution in [1.82, 2.24) is 0 Å². The van der Waals surface area contributed by atoms with Crippen molar-refractivity contribution in [3.8, 4) is 0 Å². The summed E-state index contributed by atoms with van der Waals surface area (Å²) in [5.41, 5.74) is 0. The number of halogens is 2. The zero-order valence-corrected chi connectivity index (χ0v) is 8.53. The van der Waals surface area contributed by atoms with Crippen molar-refractivity contribution in [3.63, 3.8) is 0 Å². The standard InChI is InChI=1S/C6H6ClP.BrH/c7-5-3-1-2-4-6(5)8;/h1-4H,8H2;1H. The molecule has 0 fully saturated rings. The molecule has 0 spiro atoms. The fourth-order valence-corrected chi connectivity index (χ4v) is 0.888. The van der Waals surface area contributed by atoms with Gasteiger partial charge < -0.3 is 17.0 Å². The Hall–Kier alpha value is 0.420. The minimum atomic E-state index is 0. The van der Waals surface area contributed by atoms with Gasteiger partial charge in [-0.05, 0) is 12.1 Å². The molecule has 0 aliphatic rings. The summed E-state index contributed by atoms with van der Waals surface area (Å²) in [5.74, 6) is 0. The Balaban J connectivity index is 0.000000640. The molecule has 0 bridgehead atoms. The van der Waals surface area contributed by atoms with E-state index in [1.165, 1.54) is 0 Å². The first-order valence-electron chi connectivity index (χ1n) is 2.37. The third-order valence-corrected chi connectivity index (χ3v) is 2.17. The van der Waals surface area contributed by atoms with Crippen LogP contribution in [0.4, 0.5) is 0 Å². The van der Waals surface area contributed by atoms with Crippen LogP contribution in [0.2, 0.25) is 5.02 Å². The van der Waals surface area contributed by atoms with Crippen LogP contribution < -0.4 is 22.3 Å². The van der Waals surface area contributed by atoms with Gasteiger partial charge in [0.2, 0.25) is 0 Å². The minimum absolute atomic E-state index is 0.